The Labute approximate surface area is 225 Å². The third-order valence-electron chi connectivity index (χ3n) is 4.15. The van der Waals surface area contributed by atoms with Crippen LogP contribution in [-0.4, -0.2) is 42.7 Å². The van der Waals surface area contributed by atoms with Crippen molar-refractivity contribution in [3.05, 3.63) is 66.4 Å². The first-order chi connectivity index (χ1) is 15.5. The molecule has 3 nitrogen and oxygen atoms in total. The van der Waals surface area contributed by atoms with E-state index in [9.17, 15) is 0 Å². The normalized spacial score (nSPS) is 11.2. The van der Waals surface area contributed by atoms with E-state index < -0.39 is 23.4 Å². The van der Waals surface area contributed by atoms with E-state index in [1.165, 1.54) is 10.6 Å². The van der Waals surface area contributed by atoms with E-state index in [2.05, 4.69) is 106 Å². The molecule has 0 amide bonds. The minimum Gasteiger partial charge on any atom is -0.382 e. The van der Waals surface area contributed by atoms with Gasteiger partial charge in [-0.2, -0.15) is 0 Å². The molecule has 2 aromatic carbocycles. The second-order valence-electron chi connectivity index (χ2n) is 9.69. The van der Waals surface area contributed by atoms with Crippen molar-refractivity contribution in [1.82, 2.24) is 0 Å². The maximum absolute atomic E-state index is 5.60. The maximum atomic E-state index is 5.60. The largest absolute Gasteiger partial charge is 1.00 e. The van der Waals surface area contributed by atoms with E-state index in [1.54, 1.807) is 0 Å². The van der Waals surface area contributed by atoms with Gasteiger partial charge in [0.05, 0.1) is 0 Å². The molecule has 0 bridgehead atoms. The molecule has 0 aliphatic heterocycles. The first kappa shape index (κ1) is 35.8. The Bertz CT molecular complexity index is 738. The van der Waals surface area contributed by atoms with Gasteiger partial charge in [-0.05, 0) is 38.3 Å². The molecular weight excluding hydrogens is 464 g/mol. The molecule has 2 rings (SSSR count). The molecule has 0 aliphatic carbocycles. The molecule has 0 atom stereocenters. The summed E-state index contributed by atoms with van der Waals surface area (Å²) < 4.78 is 15.3. The second kappa shape index (κ2) is 18.8. The van der Waals surface area contributed by atoms with Gasteiger partial charge in [0.15, 0.2) is 8.24 Å². The number of ether oxygens (including phenoxy) is 2. The summed E-state index contributed by atoms with van der Waals surface area (Å²) in [6, 6.07) is 22.0. The number of rotatable bonds is 9. The van der Waals surface area contributed by atoms with Gasteiger partial charge in [-0.15, -0.1) is 7.05 Å². The molecule has 0 fully saturated rings. The average molecular weight is 514 g/mol. The van der Waals surface area contributed by atoms with Crippen molar-refractivity contribution in [2.45, 2.75) is 67.0 Å². The van der Waals surface area contributed by atoms with Crippen molar-refractivity contribution in [3.63, 3.8) is 0 Å². The Morgan fingerprint density at radius 1 is 0.647 bits per heavy atom. The molecule has 188 valence electrons. The van der Waals surface area contributed by atoms with Crippen LogP contribution in [0.1, 0.15) is 27.7 Å². The van der Waals surface area contributed by atoms with Gasteiger partial charge in [0.2, 0.25) is 0 Å². The van der Waals surface area contributed by atoms with Crippen molar-refractivity contribution in [2.24, 2.45) is 4.41 Å². The smallest absolute Gasteiger partial charge is 0.382 e. The van der Waals surface area contributed by atoms with E-state index in [-0.39, 0.29) is 18.9 Å². The monoisotopic (exact) mass is 513 g/mol. The number of nitrogens with zero attached hydrogens (tertiary/aromatic N) is 1. The molecule has 0 saturated heterocycles. The van der Waals surface area contributed by atoms with Gasteiger partial charge in [0.25, 0.3) is 0 Å². The zero-order valence-corrected chi connectivity index (χ0v) is 26.8. The van der Waals surface area contributed by atoms with E-state index in [4.69, 9.17) is 13.9 Å². The van der Waals surface area contributed by atoms with Crippen molar-refractivity contribution in [1.29, 1.82) is 0 Å². The van der Waals surface area contributed by atoms with Crippen LogP contribution in [0.3, 0.4) is 0 Å². The average Bonchev–Trinajstić information content (AvgIpc) is 2.74. The van der Waals surface area contributed by atoms with Crippen LogP contribution in [0.25, 0.3) is 0 Å². The number of hydrogen-bond donors (Lipinski definition) is 0. The fourth-order valence-electron chi connectivity index (χ4n) is 3.19. The zero-order valence-electron chi connectivity index (χ0n) is 23.9. The molecule has 0 radical (unpaired) electrons. The van der Waals surface area contributed by atoms with Crippen LogP contribution < -0.4 is 29.5 Å². The van der Waals surface area contributed by atoms with Gasteiger partial charge < -0.3 is 13.9 Å². The van der Waals surface area contributed by atoms with Gasteiger partial charge in [-0.3, -0.25) is 5.79 Å². The summed E-state index contributed by atoms with van der Waals surface area (Å²) in [4.78, 5) is 0. The summed E-state index contributed by atoms with van der Waals surface area (Å²) in [5.41, 5.74) is 0. The van der Waals surface area contributed by atoms with Gasteiger partial charge in [-0.1, -0.05) is 108 Å². The van der Waals surface area contributed by atoms with E-state index >= 15 is 0 Å². The number of hydrogen-bond acceptors (Lipinski definition) is 3. The molecule has 0 N–H and O–H groups in total. The Morgan fingerprint density at radius 3 is 1.18 bits per heavy atom. The summed E-state index contributed by atoms with van der Waals surface area (Å²) in [5, 5.41) is 2.80. The third-order valence-corrected chi connectivity index (χ3v) is 14.6. The predicted molar refractivity (Wildman–Crippen MR) is 157 cm³/mol. The molecule has 34 heavy (non-hydrogen) atoms. The fourth-order valence-corrected chi connectivity index (χ4v) is 15.9. The Morgan fingerprint density at radius 2 is 0.971 bits per heavy atom. The topological polar surface area (TPSA) is 30.8 Å². The summed E-state index contributed by atoms with van der Waals surface area (Å²) in [5.74, 6) is 2.67. The van der Waals surface area contributed by atoms with Crippen LogP contribution in [0.5, 0.6) is 0 Å². The van der Waals surface area contributed by atoms with Crippen LogP contribution >= 0.6 is 7.05 Å². The molecule has 0 heterocycles. The molecular formula is C27H49LiNO2PSi2. The Hall–Kier alpha value is -0.379. The first-order valence-corrected chi connectivity index (χ1v) is 21.1. The molecule has 0 aromatic heterocycles. The van der Waals surface area contributed by atoms with Crippen LogP contribution in [0.4, 0.5) is 0 Å². The van der Waals surface area contributed by atoms with Crippen LogP contribution in [-0.2, 0) is 9.47 Å². The predicted octanol–water partition coefficient (Wildman–Crippen LogP) is 4.80. The SMILES string of the molecule is CCOCC.CCOCC.C[Si](C)(C)[CH-]P(=N[Si](C)(C)C)(c1ccccc1)c1ccccc1.[Li+]. The minimum atomic E-state index is -1.82. The molecule has 0 unspecified atom stereocenters. The van der Waals surface area contributed by atoms with Crippen LogP contribution in [0, 0.1) is 5.79 Å². The first-order valence-electron chi connectivity index (χ1n) is 12.2. The summed E-state index contributed by atoms with van der Waals surface area (Å²) in [7, 11) is -4.82. The van der Waals surface area contributed by atoms with Gasteiger partial charge in [-0.25, -0.2) is 0 Å². The van der Waals surface area contributed by atoms with Crippen molar-refractivity contribution in [3.8, 4) is 0 Å². The molecule has 0 aliphatic rings. The van der Waals surface area contributed by atoms with Crippen molar-refractivity contribution < 1.29 is 28.3 Å². The zero-order chi connectivity index (χ0) is 25.4. The van der Waals surface area contributed by atoms with Gasteiger partial charge in [0, 0.05) is 26.4 Å². The maximum Gasteiger partial charge on any atom is 1.00 e. The fraction of sp³-hybridized carbons (Fsp3) is 0.519. The van der Waals surface area contributed by atoms with Gasteiger partial charge in [0.1, 0.15) is 0 Å². The molecule has 7 heteroatoms. The Balaban J connectivity index is 0. The molecule has 0 spiro atoms. The van der Waals surface area contributed by atoms with Crippen LogP contribution in [0.15, 0.2) is 65.1 Å². The minimum absolute atomic E-state index is 0. The quantitative estimate of drug-likeness (QED) is 0.274. The molecule has 0 saturated carbocycles. The Kier molecular flexibility index (Phi) is 19.8. The third kappa shape index (κ3) is 15.6. The summed E-state index contributed by atoms with van der Waals surface area (Å²) >= 11 is 0. The van der Waals surface area contributed by atoms with Gasteiger partial charge >= 0.3 is 18.9 Å². The van der Waals surface area contributed by atoms with E-state index in [1.807, 2.05) is 27.7 Å². The standard InChI is InChI=1S/C19H29NPSi2.2C4H10O.Li/c1-22(2,3)17-21(20-23(4,5)6,18-13-9-7-10-14-18)19-15-11-8-12-16-19;2*1-3-5-4-2;/h7-17H,1-6H3;2*3-4H2,1-2H3;/q-1;;;+1. The number of benzene rings is 2. The van der Waals surface area contributed by atoms with Crippen molar-refractivity contribution >= 4 is 34.0 Å². The molecule has 2 aromatic rings. The van der Waals surface area contributed by atoms with Crippen LogP contribution in [0.2, 0.25) is 39.3 Å². The van der Waals surface area contributed by atoms with Crippen molar-refractivity contribution in [2.75, 3.05) is 26.4 Å². The second-order valence-corrected chi connectivity index (χ2v) is 23.0. The summed E-state index contributed by atoms with van der Waals surface area (Å²) in [6.07, 6.45) is 0. The summed E-state index contributed by atoms with van der Waals surface area (Å²) in [6.45, 7) is 25.7. The van der Waals surface area contributed by atoms with E-state index in [0.717, 1.165) is 26.4 Å². The van der Waals surface area contributed by atoms with E-state index in [0.29, 0.717) is 0 Å².